The molecule has 8 heteroatoms. The lowest BCUT2D eigenvalue weighted by Crippen LogP contribution is -2.53. The molecular weight excluding hydrogens is 448 g/mol. The summed E-state index contributed by atoms with van der Waals surface area (Å²) < 4.78 is 16.9. The van der Waals surface area contributed by atoms with Crippen LogP contribution in [0.4, 0.5) is 0 Å². The second kappa shape index (κ2) is 12.0. The average Bonchev–Trinajstić information content (AvgIpc) is 3.14. The van der Waals surface area contributed by atoms with Crippen LogP contribution >= 0.6 is 0 Å². The Kier molecular flexibility index (Phi) is 9.01. The van der Waals surface area contributed by atoms with Gasteiger partial charge >= 0.3 is 5.97 Å². The Hall–Kier alpha value is -3.23. The fourth-order valence-electron chi connectivity index (χ4n) is 3.96. The largest absolute Gasteiger partial charge is 0.463 e. The maximum absolute atomic E-state index is 13.2. The fourth-order valence-corrected chi connectivity index (χ4v) is 3.96. The van der Waals surface area contributed by atoms with E-state index >= 15 is 0 Å². The van der Waals surface area contributed by atoms with Gasteiger partial charge in [-0.3, -0.25) is 14.4 Å². The number of fused-ring (bicyclic) bond motifs is 1. The maximum atomic E-state index is 13.2. The highest BCUT2D eigenvalue weighted by atomic mass is 16.8. The third-order valence-corrected chi connectivity index (χ3v) is 5.78. The molecular formula is C27H34N2O6. The van der Waals surface area contributed by atoms with E-state index in [1.54, 1.807) is 26.0 Å². The molecule has 2 heterocycles. The van der Waals surface area contributed by atoms with Crippen molar-refractivity contribution >= 4 is 23.9 Å². The lowest BCUT2D eigenvalue weighted by Gasteiger charge is -2.25. The number of rotatable bonds is 4. The summed E-state index contributed by atoms with van der Waals surface area (Å²) in [7, 11) is 0. The van der Waals surface area contributed by atoms with Gasteiger partial charge in [0, 0.05) is 0 Å². The van der Waals surface area contributed by atoms with E-state index in [-0.39, 0.29) is 37.3 Å². The quantitative estimate of drug-likeness (QED) is 0.505. The molecule has 1 saturated heterocycles. The van der Waals surface area contributed by atoms with Crippen molar-refractivity contribution in [1.82, 2.24) is 10.6 Å². The van der Waals surface area contributed by atoms with Gasteiger partial charge in [0.15, 0.2) is 11.9 Å². The van der Waals surface area contributed by atoms with E-state index in [1.807, 2.05) is 55.5 Å². The Balaban J connectivity index is 1.87. The molecule has 5 atom stereocenters. The molecule has 8 nitrogen and oxygen atoms in total. The molecule has 0 aliphatic carbocycles. The zero-order chi connectivity index (χ0) is 25.4. The van der Waals surface area contributed by atoms with Crippen molar-refractivity contribution in [2.45, 2.75) is 63.7 Å². The molecule has 1 aromatic rings. The first kappa shape index (κ1) is 26.4. The molecule has 3 rings (SSSR count). The molecule has 0 bridgehead atoms. The van der Waals surface area contributed by atoms with E-state index in [4.69, 9.17) is 14.2 Å². The first-order valence-corrected chi connectivity index (χ1v) is 11.8. The minimum Gasteiger partial charge on any atom is -0.463 e. The molecule has 2 aliphatic heterocycles. The number of amides is 2. The summed E-state index contributed by atoms with van der Waals surface area (Å²) in [6.45, 7) is 8.88. The number of hydrogen-bond acceptors (Lipinski definition) is 6. The third kappa shape index (κ3) is 7.63. The number of nitrogens with one attached hydrogen (secondary N) is 2. The molecule has 0 saturated carbocycles. The molecule has 0 radical (unpaired) electrons. The van der Waals surface area contributed by atoms with Gasteiger partial charge in [0.25, 0.3) is 5.91 Å². The van der Waals surface area contributed by atoms with E-state index in [9.17, 15) is 14.4 Å². The summed E-state index contributed by atoms with van der Waals surface area (Å²) in [6, 6.07) is 8.48. The number of ether oxygens (including phenoxy) is 3. The van der Waals surface area contributed by atoms with Crippen LogP contribution in [0.5, 0.6) is 0 Å². The molecule has 188 valence electrons. The summed E-state index contributed by atoms with van der Waals surface area (Å²) in [5.41, 5.74) is 0.986. The molecule has 35 heavy (non-hydrogen) atoms. The van der Waals surface area contributed by atoms with Gasteiger partial charge in [0.1, 0.15) is 18.8 Å². The highest BCUT2D eigenvalue weighted by Gasteiger charge is 2.46. The van der Waals surface area contributed by atoms with Crippen molar-refractivity contribution in [2.75, 3.05) is 6.61 Å². The van der Waals surface area contributed by atoms with Crippen LogP contribution in [0.2, 0.25) is 0 Å². The summed E-state index contributed by atoms with van der Waals surface area (Å²) in [6.07, 6.45) is 7.44. The van der Waals surface area contributed by atoms with Crippen LogP contribution in [0.3, 0.4) is 0 Å². The van der Waals surface area contributed by atoms with Crippen LogP contribution in [-0.4, -0.2) is 54.5 Å². The molecule has 0 spiro atoms. The predicted octanol–water partition coefficient (Wildman–Crippen LogP) is 2.90. The number of esters is 1. The summed E-state index contributed by atoms with van der Waals surface area (Å²) in [5.74, 6) is -2.48. The first-order chi connectivity index (χ1) is 16.7. The van der Waals surface area contributed by atoms with Gasteiger partial charge in [-0.15, -0.1) is 6.58 Å². The van der Waals surface area contributed by atoms with Gasteiger partial charge in [-0.2, -0.15) is 0 Å². The molecule has 2 amide bonds. The van der Waals surface area contributed by atoms with Crippen molar-refractivity contribution < 1.29 is 28.6 Å². The molecule has 2 N–H and O–H groups in total. The van der Waals surface area contributed by atoms with Gasteiger partial charge in [-0.25, -0.2) is 0 Å². The van der Waals surface area contributed by atoms with E-state index < -0.39 is 35.9 Å². The van der Waals surface area contributed by atoms with Crippen LogP contribution in [0, 0.1) is 5.92 Å². The molecule has 0 aromatic heterocycles. The van der Waals surface area contributed by atoms with Crippen molar-refractivity contribution in [3.63, 3.8) is 0 Å². The van der Waals surface area contributed by atoms with Crippen LogP contribution in [0.25, 0.3) is 6.08 Å². The molecule has 0 unspecified atom stereocenters. The Morgan fingerprint density at radius 3 is 2.54 bits per heavy atom. The monoisotopic (exact) mass is 482 g/mol. The first-order valence-electron chi connectivity index (χ1n) is 11.8. The molecule has 1 fully saturated rings. The van der Waals surface area contributed by atoms with Crippen LogP contribution < -0.4 is 10.6 Å². The number of cyclic esters (lactones) is 1. The molecule has 2 aliphatic rings. The number of carbonyl (C=O) groups excluding carboxylic acids is 3. The van der Waals surface area contributed by atoms with Crippen LogP contribution in [0.1, 0.15) is 39.2 Å². The van der Waals surface area contributed by atoms with Gasteiger partial charge in [0.05, 0.1) is 12.5 Å². The zero-order valence-corrected chi connectivity index (χ0v) is 20.4. The van der Waals surface area contributed by atoms with E-state index in [1.165, 1.54) is 0 Å². The van der Waals surface area contributed by atoms with Crippen molar-refractivity contribution in [2.24, 2.45) is 5.92 Å². The summed E-state index contributed by atoms with van der Waals surface area (Å²) in [4.78, 5) is 38.6. The topological polar surface area (TPSA) is 103 Å². The lowest BCUT2D eigenvalue weighted by atomic mass is 9.98. The molecule has 1 aromatic carbocycles. The van der Waals surface area contributed by atoms with Crippen molar-refractivity contribution in [3.05, 3.63) is 66.8 Å². The summed E-state index contributed by atoms with van der Waals surface area (Å²) >= 11 is 0. The number of benzene rings is 1. The Morgan fingerprint density at radius 2 is 1.83 bits per heavy atom. The second-order valence-electron chi connectivity index (χ2n) is 9.16. The Morgan fingerprint density at radius 1 is 1.09 bits per heavy atom. The van der Waals surface area contributed by atoms with Gasteiger partial charge in [-0.1, -0.05) is 67.6 Å². The summed E-state index contributed by atoms with van der Waals surface area (Å²) in [5, 5.41) is 5.78. The highest BCUT2D eigenvalue weighted by Crippen LogP contribution is 2.29. The van der Waals surface area contributed by atoms with Crippen molar-refractivity contribution in [3.8, 4) is 0 Å². The minimum atomic E-state index is -1.04. The van der Waals surface area contributed by atoms with Gasteiger partial charge in [-0.05, 0) is 31.7 Å². The number of carbonyl (C=O) groups is 3. The number of hydrogen-bond donors (Lipinski definition) is 2. The van der Waals surface area contributed by atoms with Crippen LogP contribution in [0.15, 0.2) is 61.2 Å². The fraction of sp³-hybridized carbons (Fsp3) is 0.444. The minimum absolute atomic E-state index is 0.0559. The third-order valence-electron chi connectivity index (χ3n) is 5.78. The average molecular weight is 483 g/mol. The van der Waals surface area contributed by atoms with Gasteiger partial charge in [0.2, 0.25) is 5.91 Å². The predicted molar refractivity (Wildman–Crippen MR) is 132 cm³/mol. The Bertz CT molecular complexity index is 971. The highest BCUT2D eigenvalue weighted by molar-refractivity contribution is 5.90. The lowest BCUT2D eigenvalue weighted by molar-refractivity contribution is -0.161. The van der Waals surface area contributed by atoms with Crippen molar-refractivity contribution in [1.29, 1.82) is 0 Å². The SMILES string of the molecule is C=CC[C@@H]1NC(=O)[C@@H]2OC(C)(C)O[C@@H]2COC(=O)C/C=C/[C@@H](C)[C@@H](/C=C/c2ccccc2)NC1=O. The zero-order valence-electron chi connectivity index (χ0n) is 20.4. The van der Waals surface area contributed by atoms with Crippen LogP contribution in [-0.2, 0) is 28.6 Å². The van der Waals surface area contributed by atoms with E-state index in [0.29, 0.717) is 0 Å². The maximum Gasteiger partial charge on any atom is 0.309 e. The Labute approximate surface area is 206 Å². The van der Waals surface area contributed by atoms with E-state index in [2.05, 4.69) is 17.2 Å². The smallest absolute Gasteiger partial charge is 0.309 e. The second-order valence-corrected chi connectivity index (χ2v) is 9.16. The normalized spacial score (nSPS) is 30.8. The standard InChI is InChI=1S/C27H34N2O6/c1-5-10-21-25(31)28-20(16-15-19-12-7-6-8-13-19)18(2)11-9-14-23(30)33-17-22-24(26(32)29-21)35-27(3,4)34-22/h5-9,11-13,15-16,18,20-22,24H,1,10,14,17H2,2-4H3,(H,28,31)(H,29,32)/b11-9+,16-15+/t18-,20-,21+,22-,24-/m1/s1. The van der Waals surface area contributed by atoms with Gasteiger partial charge < -0.3 is 24.8 Å². The van der Waals surface area contributed by atoms with E-state index in [0.717, 1.165) is 5.56 Å².